The van der Waals surface area contributed by atoms with Crippen LogP contribution >= 0.6 is 23.2 Å². The zero-order valence-corrected chi connectivity index (χ0v) is 21.8. The van der Waals surface area contributed by atoms with Crippen LogP contribution in [0.2, 0.25) is 10.6 Å². The molecule has 0 bridgehead atoms. The summed E-state index contributed by atoms with van der Waals surface area (Å²) in [6.45, 7) is 0. The molecule has 5 N–H and O–H groups in total. The molecule has 0 aliphatic heterocycles. The number of carbonyl (C=O) groups is 1. The molecule has 0 saturated heterocycles. The number of phenols is 1. The van der Waals surface area contributed by atoms with E-state index in [0.29, 0.717) is 0 Å². The first kappa shape index (κ1) is 28.0. The van der Waals surface area contributed by atoms with Crippen molar-refractivity contribution in [3.8, 4) is 5.75 Å². The molecule has 202 valence electrons. The molecule has 1 heterocycles. The molecule has 0 atom stereocenters. The average molecular weight is 615 g/mol. The van der Waals surface area contributed by atoms with Crippen LogP contribution in [0.4, 0.5) is 23.0 Å². The minimum absolute atomic E-state index is 0.222. The smallest absolute Gasteiger partial charge is 0.337 e. The minimum Gasteiger partial charge on any atom is -0.505 e. The number of carboxylic acid groups (broad SMARTS) is 1. The Kier molecular flexibility index (Phi) is 7.39. The van der Waals surface area contributed by atoms with E-state index in [2.05, 4.69) is 30.5 Å². The maximum absolute atomic E-state index is 12.2. The van der Waals surface area contributed by atoms with E-state index < -0.39 is 47.4 Å². The summed E-state index contributed by atoms with van der Waals surface area (Å²) in [4.78, 5) is 20.8. The van der Waals surface area contributed by atoms with E-state index in [0.717, 1.165) is 18.2 Å². The lowest BCUT2D eigenvalue weighted by Gasteiger charge is -2.15. The third kappa shape index (κ3) is 6.03. The van der Waals surface area contributed by atoms with Crippen molar-refractivity contribution < 1.29 is 40.9 Å². The second-order valence-electron chi connectivity index (χ2n) is 7.44. The number of halogens is 2. The third-order valence-electron chi connectivity index (χ3n) is 4.92. The van der Waals surface area contributed by atoms with Gasteiger partial charge in [-0.05, 0) is 58.9 Å². The van der Waals surface area contributed by atoms with Gasteiger partial charge in [-0.25, -0.2) is 4.79 Å². The quantitative estimate of drug-likeness (QED) is 0.143. The van der Waals surface area contributed by atoms with Crippen LogP contribution in [0, 0.1) is 0 Å². The minimum atomic E-state index is -5.14. The molecule has 15 nitrogen and oxygen atoms in total. The van der Waals surface area contributed by atoms with E-state index in [1.54, 1.807) is 0 Å². The molecule has 3 aromatic carbocycles. The van der Waals surface area contributed by atoms with Crippen LogP contribution < -0.4 is 5.32 Å². The van der Waals surface area contributed by atoms with Gasteiger partial charge in [-0.2, -0.15) is 31.8 Å². The molecular formula is C20H12Cl2N6O9S2. The summed E-state index contributed by atoms with van der Waals surface area (Å²) in [5, 5.41) is 29.0. The first-order valence-electron chi connectivity index (χ1n) is 10.0. The molecule has 0 unspecified atom stereocenters. The summed E-state index contributed by atoms with van der Waals surface area (Å²) in [7, 11) is -10.0. The highest BCUT2D eigenvalue weighted by Crippen LogP contribution is 2.45. The first-order chi connectivity index (χ1) is 18.1. The Labute approximate surface area is 228 Å². The predicted octanol–water partition coefficient (Wildman–Crippen LogP) is 4.39. The zero-order valence-electron chi connectivity index (χ0n) is 18.7. The molecule has 4 aromatic rings. The molecule has 0 aliphatic rings. The van der Waals surface area contributed by atoms with Crippen molar-refractivity contribution in [3.63, 3.8) is 0 Å². The number of hydrogen-bond acceptors (Lipinski definition) is 12. The van der Waals surface area contributed by atoms with Gasteiger partial charge < -0.3 is 15.5 Å². The van der Waals surface area contributed by atoms with Crippen LogP contribution in [0.25, 0.3) is 10.8 Å². The van der Waals surface area contributed by atoms with E-state index >= 15 is 0 Å². The number of anilines is 2. The van der Waals surface area contributed by atoms with Crippen molar-refractivity contribution in [2.75, 3.05) is 5.32 Å². The van der Waals surface area contributed by atoms with E-state index in [9.17, 15) is 40.9 Å². The maximum atomic E-state index is 12.2. The number of aromatic carboxylic acids is 1. The summed E-state index contributed by atoms with van der Waals surface area (Å²) in [6, 6.07) is 7.67. The third-order valence-corrected chi connectivity index (χ3v) is 6.96. The fraction of sp³-hybridized carbons (Fsp3) is 0. The van der Waals surface area contributed by atoms with Crippen LogP contribution in [0.3, 0.4) is 0 Å². The molecule has 0 radical (unpaired) electrons. The molecule has 19 heteroatoms. The summed E-state index contributed by atoms with van der Waals surface area (Å²) >= 11 is 11.5. The number of aromatic hydroxyl groups is 1. The van der Waals surface area contributed by atoms with Gasteiger partial charge >= 0.3 is 5.97 Å². The van der Waals surface area contributed by atoms with Gasteiger partial charge in [-0.15, -0.1) is 10.2 Å². The van der Waals surface area contributed by atoms with Gasteiger partial charge in [-0.3, -0.25) is 9.11 Å². The second-order valence-corrected chi connectivity index (χ2v) is 10.9. The van der Waals surface area contributed by atoms with E-state index in [1.807, 2.05) is 0 Å². The Morgan fingerprint density at radius 3 is 2.13 bits per heavy atom. The molecule has 4 rings (SSSR count). The number of azo groups is 1. The number of aromatic nitrogens is 3. The largest absolute Gasteiger partial charge is 0.505 e. The summed E-state index contributed by atoms with van der Waals surface area (Å²) < 4.78 is 67.6. The Bertz CT molecular complexity index is 1900. The lowest BCUT2D eigenvalue weighted by Crippen LogP contribution is -2.05. The molecule has 0 saturated carbocycles. The number of carboxylic acids is 1. The van der Waals surface area contributed by atoms with Crippen molar-refractivity contribution in [1.29, 1.82) is 0 Å². The van der Waals surface area contributed by atoms with Crippen LogP contribution in [0.15, 0.2) is 62.5 Å². The molecule has 0 fully saturated rings. The summed E-state index contributed by atoms with van der Waals surface area (Å²) in [5.41, 5.74) is -1.68. The number of fused-ring (bicyclic) bond motifs is 1. The highest BCUT2D eigenvalue weighted by Gasteiger charge is 2.26. The van der Waals surface area contributed by atoms with Crippen LogP contribution in [0.5, 0.6) is 5.75 Å². The van der Waals surface area contributed by atoms with Gasteiger partial charge in [0.15, 0.2) is 5.75 Å². The van der Waals surface area contributed by atoms with Gasteiger partial charge in [0.2, 0.25) is 16.5 Å². The van der Waals surface area contributed by atoms with Gasteiger partial charge in [-0.1, -0.05) is 12.1 Å². The molecule has 0 amide bonds. The van der Waals surface area contributed by atoms with Crippen molar-refractivity contribution >= 4 is 83.2 Å². The Balaban J connectivity index is 2.05. The highest BCUT2D eigenvalue weighted by molar-refractivity contribution is 7.86. The van der Waals surface area contributed by atoms with Gasteiger partial charge in [0.1, 0.15) is 16.3 Å². The number of nitrogens with zero attached hydrogens (tertiary/aromatic N) is 5. The second kappa shape index (κ2) is 10.3. The highest BCUT2D eigenvalue weighted by atomic mass is 35.5. The summed E-state index contributed by atoms with van der Waals surface area (Å²) in [6.07, 6.45) is 0. The molecular weight excluding hydrogens is 603 g/mol. The monoisotopic (exact) mass is 614 g/mol. The molecule has 0 aliphatic carbocycles. The predicted molar refractivity (Wildman–Crippen MR) is 136 cm³/mol. The first-order valence-corrected chi connectivity index (χ1v) is 13.7. The van der Waals surface area contributed by atoms with Crippen molar-refractivity contribution in [3.05, 3.63) is 58.6 Å². The normalized spacial score (nSPS) is 12.2. The summed E-state index contributed by atoms with van der Waals surface area (Å²) in [5.74, 6) is -2.67. The van der Waals surface area contributed by atoms with Crippen LogP contribution in [-0.2, 0) is 20.2 Å². The number of nitrogens with one attached hydrogen (secondary N) is 1. The van der Waals surface area contributed by atoms with Crippen LogP contribution in [-0.4, -0.2) is 57.1 Å². The average Bonchev–Trinajstić information content (AvgIpc) is 2.81. The van der Waals surface area contributed by atoms with Gasteiger partial charge in [0.05, 0.1) is 16.1 Å². The lowest BCUT2D eigenvalue weighted by atomic mass is 10.1. The SMILES string of the molecule is O=C(O)c1ccccc1N=Nc1c(S(=O)(=O)O)cc2cc(S(=O)(=O)O)cc(Nc3nc(Cl)nc(Cl)n3)c2c1O. The Hall–Kier alpha value is -4.00. The van der Waals surface area contributed by atoms with E-state index in [-0.39, 0.29) is 44.2 Å². The van der Waals surface area contributed by atoms with Crippen molar-refractivity contribution in [1.82, 2.24) is 15.0 Å². The standard InChI is InChI=1S/C20H12Cl2N6O9S2/c21-18-24-19(22)26-20(25-18)23-12-7-9(38(32,33)34)5-8-6-13(39(35,36)37)15(16(29)14(8)12)28-27-11-4-2-1-3-10(11)17(30)31/h1-7,29H,(H,30,31)(H,32,33,34)(H,35,36,37)(H,23,24,25,26). The van der Waals surface area contributed by atoms with Crippen molar-refractivity contribution in [2.45, 2.75) is 9.79 Å². The van der Waals surface area contributed by atoms with E-state index in [1.165, 1.54) is 24.3 Å². The fourth-order valence-corrected chi connectivity index (χ4v) is 4.91. The van der Waals surface area contributed by atoms with Gasteiger partial charge in [0, 0.05) is 5.39 Å². The number of phenolic OH excluding ortho intramolecular Hbond substituents is 1. The number of benzene rings is 3. The van der Waals surface area contributed by atoms with Crippen LogP contribution in [0.1, 0.15) is 10.4 Å². The Morgan fingerprint density at radius 2 is 1.54 bits per heavy atom. The van der Waals surface area contributed by atoms with Gasteiger partial charge in [0.25, 0.3) is 20.2 Å². The van der Waals surface area contributed by atoms with Crippen molar-refractivity contribution in [2.24, 2.45) is 10.2 Å². The lowest BCUT2D eigenvalue weighted by molar-refractivity contribution is 0.0697. The van der Waals surface area contributed by atoms with E-state index in [4.69, 9.17) is 23.2 Å². The number of hydrogen-bond donors (Lipinski definition) is 5. The topological polar surface area (TPSA) is 242 Å². The molecule has 1 aromatic heterocycles. The molecule has 39 heavy (non-hydrogen) atoms. The zero-order chi connectivity index (χ0) is 28.7. The maximum Gasteiger partial charge on any atom is 0.337 e. The Morgan fingerprint density at radius 1 is 0.897 bits per heavy atom. The fourth-order valence-electron chi connectivity index (χ4n) is 3.35. The molecule has 0 spiro atoms. The number of rotatable bonds is 7.